The van der Waals surface area contributed by atoms with Crippen molar-refractivity contribution in [3.63, 3.8) is 0 Å². The third-order valence-corrected chi connectivity index (χ3v) is 14.8. The van der Waals surface area contributed by atoms with Crippen LogP contribution in [0.1, 0.15) is 284 Å². The second-order valence-corrected chi connectivity index (χ2v) is 22.1. The zero-order valence-corrected chi connectivity index (χ0v) is 49.4. The summed E-state index contributed by atoms with van der Waals surface area (Å²) in [6.07, 6.45) is 61.7. The highest BCUT2D eigenvalue weighted by Crippen LogP contribution is 2.23. The van der Waals surface area contributed by atoms with Gasteiger partial charge in [0.15, 0.2) is 6.29 Å². The Balaban J connectivity index is 2.09. The van der Waals surface area contributed by atoms with Gasteiger partial charge in [0.25, 0.3) is 0 Å². The molecule has 1 heterocycles. The minimum atomic E-state index is -1.58. The fourth-order valence-corrected chi connectivity index (χ4v) is 9.71. The highest BCUT2D eigenvalue weighted by atomic mass is 16.7. The molecular weight excluding hydrogens is 967 g/mol. The number of rotatable bonds is 55. The third-order valence-electron chi connectivity index (χ3n) is 14.8. The average Bonchev–Trinajstić information content (AvgIpc) is 3.43. The number of ether oxygens (including phenoxy) is 3. The lowest BCUT2D eigenvalue weighted by atomic mass is 9.99. The number of carbonyl (C=O) groups is 2. The summed E-state index contributed by atoms with van der Waals surface area (Å²) in [5, 5.41) is 54.4. The van der Waals surface area contributed by atoms with E-state index in [9.17, 15) is 35.1 Å². The lowest BCUT2D eigenvalue weighted by Gasteiger charge is -2.40. The fourth-order valence-electron chi connectivity index (χ4n) is 9.71. The van der Waals surface area contributed by atoms with Crippen LogP contribution in [0.15, 0.2) is 60.8 Å². The first kappa shape index (κ1) is 72.4. The number of esters is 1. The minimum absolute atomic E-state index is 0.0158. The SMILES string of the molecule is CCCCC/C=C\CCCCCCCC(=O)OCCCCCCCCCCC/C=C\C/C=C\CCCCCCCCCC(=O)NC(COC1OC(CO)C(O)C(O)C1O)C(O)/C=C/CC/C=C/CCCCCCCCCC. The molecule has 0 saturated carbocycles. The zero-order chi connectivity index (χ0) is 55.9. The summed E-state index contributed by atoms with van der Waals surface area (Å²) in [4.78, 5) is 25.1. The van der Waals surface area contributed by atoms with E-state index in [1.54, 1.807) is 6.08 Å². The zero-order valence-electron chi connectivity index (χ0n) is 49.4. The molecule has 1 amide bonds. The van der Waals surface area contributed by atoms with E-state index >= 15 is 0 Å². The maximum atomic E-state index is 13.0. The van der Waals surface area contributed by atoms with Gasteiger partial charge in [-0.15, -0.1) is 0 Å². The molecule has 0 aromatic heterocycles. The molecular formula is C66H119NO10. The number of amides is 1. The van der Waals surface area contributed by atoms with Crippen molar-refractivity contribution in [1.82, 2.24) is 5.32 Å². The Hall–Kier alpha value is -2.64. The summed E-state index contributed by atoms with van der Waals surface area (Å²) >= 11 is 0. The van der Waals surface area contributed by atoms with Gasteiger partial charge in [0.2, 0.25) is 5.91 Å². The Morgan fingerprint density at radius 3 is 1.39 bits per heavy atom. The molecule has 448 valence electrons. The van der Waals surface area contributed by atoms with Crippen LogP contribution in [0.4, 0.5) is 0 Å². The van der Waals surface area contributed by atoms with E-state index < -0.39 is 49.5 Å². The van der Waals surface area contributed by atoms with Crippen LogP contribution in [0.2, 0.25) is 0 Å². The van der Waals surface area contributed by atoms with Gasteiger partial charge in [-0.25, -0.2) is 0 Å². The largest absolute Gasteiger partial charge is 0.466 e. The van der Waals surface area contributed by atoms with Crippen molar-refractivity contribution in [2.75, 3.05) is 19.8 Å². The number of carbonyl (C=O) groups excluding carboxylic acids is 2. The standard InChI is InChI=1S/C66H119NO10/c1-3-5-7-9-11-13-15-17-29-32-36-40-44-48-52-59(69)58(57-76-66-65(74)64(73)63(72)60(56-68)77-66)67-61(70)53-49-45-41-37-33-30-27-25-23-21-19-18-20-22-24-26-28-31-35-39-43-47-51-55-75-62(71)54-50-46-42-38-34-16-14-12-10-8-6-4-2/h12,14,18,20-21,23,32,36,48,52,58-60,63-66,68-69,72-74H,3-11,13,15-17,19,22,24-31,33-35,37-47,49-51,53-57H2,1-2H3,(H,67,70)/b14-12-,20-18-,23-21-,36-32+,52-48+. The number of unbranched alkanes of at least 4 members (excludes halogenated alkanes) is 33. The van der Waals surface area contributed by atoms with Crippen molar-refractivity contribution in [3.05, 3.63) is 60.8 Å². The number of hydrogen-bond acceptors (Lipinski definition) is 10. The summed E-state index contributed by atoms with van der Waals surface area (Å²) in [5.41, 5.74) is 0. The van der Waals surface area contributed by atoms with Gasteiger partial charge in [0.1, 0.15) is 24.4 Å². The molecule has 77 heavy (non-hydrogen) atoms. The summed E-state index contributed by atoms with van der Waals surface area (Å²) in [7, 11) is 0. The summed E-state index contributed by atoms with van der Waals surface area (Å²) in [6, 6.07) is -0.837. The van der Waals surface area contributed by atoms with Gasteiger partial charge >= 0.3 is 5.97 Å². The van der Waals surface area contributed by atoms with Crippen molar-refractivity contribution in [2.24, 2.45) is 0 Å². The lowest BCUT2D eigenvalue weighted by Crippen LogP contribution is -2.60. The molecule has 0 aromatic carbocycles. The van der Waals surface area contributed by atoms with Crippen LogP contribution >= 0.6 is 0 Å². The van der Waals surface area contributed by atoms with Crippen molar-refractivity contribution in [2.45, 2.75) is 326 Å². The number of aliphatic hydroxyl groups excluding tert-OH is 5. The Labute approximate surface area is 471 Å². The van der Waals surface area contributed by atoms with Crippen molar-refractivity contribution in [1.29, 1.82) is 0 Å². The first-order chi connectivity index (χ1) is 37.7. The van der Waals surface area contributed by atoms with E-state index in [-0.39, 0.29) is 18.5 Å². The molecule has 0 spiro atoms. The van der Waals surface area contributed by atoms with Crippen LogP contribution < -0.4 is 5.32 Å². The Morgan fingerprint density at radius 1 is 0.481 bits per heavy atom. The summed E-state index contributed by atoms with van der Waals surface area (Å²) in [6.45, 7) is 4.29. The normalized spacial score (nSPS) is 19.0. The molecule has 1 fully saturated rings. The Morgan fingerprint density at radius 2 is 0.883 bits per heavy atom. The van der Waals surface area contributed by atoms with Gasteiger partial charge < -0.3 is 45.1 Å². The Bertz CT molecular complexity index is 1460. The van der Waals surface area contributed by atoms with Gasteiger partial charge in [-0.3, -0.25) is 9.59 Å². The second kappa shape index (κ2) is 55.3. The van der Waals surface area contributed by atoms with Gasteiger partial charge in [-0.1, -0.05) is 229 Å². The molecule has 1 aliphatic heterocycles. The van der Waals surface area contributed by atoms with Crippen LogP contribution in [0.3, 0.4) is 0 Å². The van der Waals surface area contributed by atoms with Crippen LogP contribution in [0.25, 0.3) is 0 Å². The molecule has 1 aliphatic rings. The van der Waals surface area contributed by atoms with Crippen LogP contribution in [-0.4, -0.2) is 100 Å². The van der Waals surface area contributed by atoms with E-state index in [0.29, 0.717) is 19.4 Å². The van der Waals surface area contributed by atoms with Gasteiger partial charge in [-0.2, -0.15) is 0 Å². The highest BCUT2D eigenvalue weighted by molar-refractivity contribution is 5.76. The lowest BCUT2D eigenvalue weighted by molar-refractivity contribution is -0.302. The van der Waals surface area contributed by atoms with E-state index in [0.717, 1.165) is 89.9 Å². The van der Waals surface area contributed by atoms with Crippen molar-refractivity contribution < 1.29 is 49.3 Å². The molecule has 0 aromatic rings. The molecule has 0 bridgehead atoms. The third kappa shape index (κ3) is 44.8. The topological polar surface area (TPSA) is 175 Å². The Kier molecular flexibility index (Phi) is 52.0. The molecule has 1 rings (SSSR count). The molecule has 0 aliphatic carbocycles. The molecule has 7 atom stereocenters. The average molecular weight is 1090 g/mol. The van der Waals surface area contributed by atoms with E-state index in [1.807, 2.05) is 6.08 Å². The van der Waals surface area contributed by atoms with Crippen molar-refractivity contribution >= 4 is 11.9 Å². The van der Waals surface area contributed by atoms with Gasteiger partial charge in [0.05, 0.1) is 32.0 Å². The van der Waals surface area contributed by atoms with Crippen LogP contribution in [0.5, 0.6) is 0 Å². The predicted molar refractivity (Wildman–Crippen MR) is 320 cm³/mol. The maximum absolute atomic E-state index is 13.0. The molecule has 11 nitrogen and oxygen atoms in total. The minimum Gasteiger partial charge on any atom is -0.466 e. The predicted octanol–water partition coefficient (Wildman–Crippen LogP) is 15.4. The molecule has 6 N–H and O–H groups in total. The fraction of sp³-hybridized carbons (Fsp3) is 0.818. The monoisotopic (exact) mass is 1090 g/mol. The molecule has 0 radical (unpaired) electrons. The van der Waals surface area contributed by atoms with Crippen molar-refractivity contribution in [3.8, 4) is 0 Å². The van der Waals surface area contributed by atoms with Gasteiger partial charge in [-0.05, 0) is 103 Å². The highest BCUT2D eigenvalue weighted by Gasteiger charge is 2.44. The molecule has 1 saturated heterocycles. The summed E-state index contributed by atoms with van der Waals surface area (Å²) < 4.78 is 16.7. The van der Waals surface area contributed by atoms with Crippen LogP contribution in [0, 0.1) is 0 Å². The van der Waals surface area contributed by atoms with E-state index in [2.05, 4.69) is 67.8 Å². The first-order valence-electron chi connectivity index (χ1n) is 32.1. The van der Waals surface area contributed by atoms with Gasteiger partial charge in [0, 0.05) is 12.8 Å². The first-order valence-corrected chi connectivity index (χ1v) is 32.1. The quantitative estimate of drug-likeness (QED) is 0.0195. The number of aliphatic hydroxyl groups is 5. The second-order valence-electron chi connectivity index (χ2n) is 22.1. The molecule has 7 unspecified atom stereocenters. The van der Waals surface area contributed by atoms with E-state index in [4.69, 9.17) is 14.2 Å². The number of allylic oxidation sites excluding steroid dienone is 9. The molecule has 11 heteroatoms. The maximum Gasteiger partial charge on any atom is 0.305 e. The van der Waals surface area contributed by atoms with Crippen LogP contribution in [-0.2, 0) is 23.8 Å². The number of nitrogens with one attached hydrogen (secondary N) is 1. The van der Waals surface area contributed by atoms with E-state index in [1.165, 1.54) is 167 Å². The summed E-state index contributed by atoms with van der Waals surface area (Å²) in [5.74, 6) is -0.219. The number of hydrogen-bond donors (Lipinski definition) is 6. The smallest absolute Gasteiger partial charge is 0.305 e.